The summed E-state index contributed by atoms with van der Waals surface area (Å²) in [5, 5.41) is 4.40. The van der Waals surface area contributed by atoms with Crippen molar-refractivity contribution < 1.29 is 0 Å². The van der Waals surface area contributed by atoms with Gasteiger partial charge in [0.2, 0.25) is 0 Å². The molecule has 0 heterocycles. The Hall–Kier alpha value is -0.180. The predicted molar refractivity (Wildman–Crippen MR) is 75.5 cm³/mol. The zero-order chi connectivity index (χ0) is 11.8. The van der Waals surface area contributed by atoms with Gasteiger partial charge in [-0.1, -0.05) is 37.1 Å². The average Bonchev–Trinajstić information content (AvgIpc) is 2.29. The van der Waals surface area contributed by atoms with Crippen LogP contribution in [0.15, 0.2) is 24.3 Å². The Kier molecular flexibility index (Phi) is 6.93. The van der Waals surface area contributed by atoms with Crippen molar-refractivity contribution in [3.8, 4) is 0 Å². The van der Waals surface area contributed by atoms with Crippen LogP contribution >= 0.6 is 23.4 Å². The molecule has 0 aliphatic heterocycles. The van der Waals surface area contributed by atoms with Crippen molar-refractivity contribution in [1.82, 2.24) is 5.32 Å². The molecule has 1 nitrogen and oxygen atoms in total. The van der Waals surface area contributed by atoms with Crippen LogP contribution in [0, 0.1) is 0 Å². The van der Waals surface area contributed by atoms with Gasteiger partial charge in [-0.15, -0.1) is 0 Å². The summed E-state index contributed by atoms with van der Waals surface area (Å²) in [4.78, 5) is 0. The molecule has 0 bridgehead atoms. The van der Waals surface area contributed by atoms with Gasteiger partial charge in [-0.05, 0) is 30.4 Å². The molecule has 1 atom stereocenters. The van der Waals surface area contributed by atoms with Crippen molar-refractivity contribution in [2.24, 2.45) is 0 Å². The standard InChI is InChI=1S/C13H20ClNS/c1-3-4-13(15-9-10-16-2)11-5-7-12(14)8-6-11/h5-8,13,15H,3-4,9-10H2,1-2H3. The quantitative estimate of drug-likeness (QED) is 0.737. The number of rotatable bonds is 7. The lowest BCUT2D eigenvalue weighted by Crippen LogP contribution is -2.23. The average molecular weight is 258 g/mol. The molecule has 1 aromatic rings. The monoisotopic (exact) mass is 257 g/mol. The lowest BCUT2D eigenvalue weighted by molar-refractivity contribution is 0.511. The summed E-state index contributed by atoms with van der Waals surface area (Å²) in [6, 6.07) is 8.64. The second-order valence-corrected chi connectivity index (χ2v) is 5.26. The molecule has 0 saturated carbocycles. The molecule has 0 fully saturated rings. The smallest absolute Gasteiger partial charge is 0.0406 e. The SMILES string of the molecule is CCCC(NCCSC)c1ccc(Cl)cc1. The summed E-state index contributed by atoms with van der Waals surface area (Å²) in [6.45, 7) is 3.29. The van der Waals surface area contributed by atoms with Gasteiger partial charge in [0.25, 0.3) is 0 Å². The van der Waals surface area contributed by atoms with E-state index in [-0.39, 0.29) is 0 Å². The third-order valence-electron chi connectivity index (χ3n) is 2.55. The number of thioether (sulfide) groups is 1. The topological polar surface area (TPSA) is 12.0 Å². The molecular formula is C13H20ClNS. The number of benzene rings is 1. The highest BCUT2D eigenvalue weighted by Gasteiger charge is 2.08. The van der Waals surface area contributed by atoms with E-state index in [2.05, 4.69) is 30.6 Å². The molecule has 0 amide bonds. The number of hydrogen-bond acceptors (Lipinski definition) is 2. The molecule has 0 radical (unpaired) electrons. The minimum absolute atomic E-state index is 0.467. The van der Waals surface area contributed by atoms with Crippen LogP contribution in [0.3, 0.4) is 0 Å². The second-order valence-electron chi connectivity index (χ2n) is 3.84. The number of hydrogen-bond donors (Lipinski definition) is 1. The van der Waals surface area contributed by atoms with Gasteiger partial charge in [-0.2, -0.15) is 11.8 Å². The lowest BCUT2D eigenvalue weighted by atomic mass is 10.0. The van der Waals surface area contributed by atoms with Crippen molar-refractivity contribution in [1.29, 1.82) is 0 Å². The van der Waals surface area contributed by atoms with Crippen LogP contribution in [-0.2, 0) is 0 Å². The highest BCUT2D eigenvalue weighted by molar-refractivity contribution is 7.98. The van der Waals surface area contributed by atoms with Crippen LogP contribution in [0.4, 0.5) is 0 Å². The van der Waals surface area contributed by atoms with Gasteiger partial charge in [0.15, 0.2) is 0 Å². The third-order valence-corrected chi connectivity index (χ3v) is 3.41. The molecule has 16 heavy (non-hydrogen) atoms. The van der Waals surface area contributed by atoms with Gasteiger partial charge in [0, 0.05) is 23.4 Å². The summed E-state index contributed by atoms with van der Waals surface area (Å²) in [6.07, 6.45) is 4.51. The van der Waals surface area contributed by atoms with E-state index in [0.717, 1.165) is 17.3 Å². The largest absolute Gasteiger partial charge is 0.309 e. The summed E-state index contributed by atoms with van der Waals surface area (Å²) < 4.78 is 0. The Morgan fingerprint density at radius 3 is 2.56 bits per heavy atom. The second kappa shape index (κ2) is 7.99. The highest BCUT2D eigenvalue weighted by Crippen LogP contribution is 2.20. The van der Waals surface area contributed by atoms with Crippen LogP contribution in [-0.4, -0.2) is 18.6 Å². The summed E-state index contributed by atoms with van der Waals surface area (Å²) in [5.74, 6) is 1.16. The first kappa shape index (κ1) is 13.9. The lowest BCUT2D eigenvalue weighted by Gasteiger charge is -2.18. The first-order valence-corrected chi connectivity index (χ1v) is 7.53. The molecule has 0 aliphatic carbocycles. The fourth-order valence-corrected chi connectivity index (χ4v) is 2.15. The summed E-state index contributed by atoms with van der Waals surface area (Å²) in [5.41, 5.74) is 1.34. The first-order chi connectivity index (χ1) is 7.77. The fourth-order valence-electron chi connectivity index (χ4n) is 1.71. The molecule has 1 unspecified atom stereocenters. The van der Waals surface area contributed by atoms with Gasteiger partial charge in [0.1, 0.15) is 0 Å². The van der Waals surface area contributed by atoms with Gasteiger partial charge in [-0.3, -0.25) is 0 Å². The first-order valence-electron chi connectivity index (χ1n) is 5.75. The van der Waals surface area contributed by atoms with E-state index >= 15 is 0 Å². The van der Waals surface area contributed by atoms with Crippen LogP contribution in [0.25, 0.3) is 0 Å². The predicted octanol–water partition coefficient (Wildman–Crippen LogP) is 4.13. The Morgan fingerprint density at radius 2 is 2.00 bits per heavy atom. The van der Waals surface area contributed by atoms with Crippen molar-refractivity contribution in [3.05, 3.63) is 34.9 Å². The summed E-state index contributed by atoms with van der Waals surface area (Å²) in [7, 11) is 0. The van der Waals surface area contributed by atoms with Gasteiger partial charge < -0.3 is 5.32 Å². The van der Waals surface area contributed by atoms with E-state index in [1.807, 2.05) is 23.9 Å². The number of halogens is 1. The molecule has 1 rings (SSSR count). The van der Waals surface area contributed by atoms with Gasteiger partial charge in [0.05, 0.1) is 0 Å². The minimum atomic E-state index is 0.467. The third kappa shape index (κ3) is 4.77. The zero-order valence-corrected chi connectivity index (χ0v) is 11.6. The molecular weight excluding hydrogens is 238 g/mol. The molecule has 3 heteroatoms. The normalized spacial score (nSPS) is 12.7. The van der Waals surface area contributed by atoms with Crippen LogP contribution in [0.1, 0.15) is 31.4 Å². The fraction of sp³-hybridized carbons (Fsp3) is 0.538. The van der Waals surface area contributed by atoms with E-state index < -0.39 is 0 Å². The minimum Gasteiger partial charge on any atom is -0.309 e. The molecule has 0 spiro atoms. The van der Waals surface area contributed by atoms with E-state index in [1.165, 1.54) is 18.4 Å². The molecule has 0 aliphatic rings. The van der Waals surface area contributed by atoms with E-state index in [1.54, 1.807) is 0 Å². The van der Waals surface area contributed by atoms with Crippen LogP contribution in [0.5, 0.6) is 0 Å². The van der Waals surface area contributed by atoms with Crippen molar-refractivity contribution in [2.45, 2.75) is 25.8 Å². The molecule has 1 aromatic carbocycles. The van der Waals surface area contributed by atoms with Crippen LogP contribution < -0.4 is 5.32 Å². The van der Waals surface area contributed by atoms with Crippen molar-refractivity contribution >= 4 is 23.4 Å². The summed E-state index contributed by atoms with van der Waals surface area (Å²) >= 11 is 7.77. The molecule has 0 saturated heterocycles. The Labute approximate surface area is 108 Å². The van der Waals surface area contributed by atoms with E-state index in [0.29, 0.717) is 6.04 Å². The van der Waals surface area contributed by atoms with Crippen molar-refractivity contribution in [2.75, 3.05) is 18.6 Å². The van der Waals surface area contributed by atoms with Gasteiger partial charge >= 0.3 is 0 Å². The zero-order valence-electron chi connectivity index (χ0n) is 10.0. The maximum Gasteiger partial charge on any atom is 0.0406 e. The maximum absolute atomic E-state index is 5.90. The van der Waals surface area contributed by atoms with Gasteiger partial charge in [-0.25, -0.2) is 0 Å². The number of nitrogens with one attached hydrogen (secondary N) is 1. The van der Waals surface area contributed by atoms with E-state index in [4.69, 9.17) is 11.6 Å². The molecule has 90 valence electrons. The van der Waals surface area contributed by atoms with Crippen molar-refractivity contribution in [3.63, 3.8) is 0 Å². The molecule has 1 N–H and O–H groups in total. The Bertz CT molecular complexity index is 286. The van der Waals surface area contributed by atoms with Crippen LogP contribution in [0.2, 0.25) is 5.02 Å². The maximum atomic E-state index is 5.90. The van der Waals surface area contributed by atoms with E-state index in [9.17, 15) is 0 Å². The highest BCUT2D eigenvalue weighted by atomic mass is 35.5. The molecule has 0 aromatic heterocycles. The Morgan fingerprint density at radius 1 is 1.31 bits per heavy atom. The Balaban J connectivity index is 2.57.